The van der Waals surface area contributed by atoms with Gasteiger partial charge >= 0.3 is 0 Å². The van der Waals surface area contributed by atoms with Gasteiger partial charge in [-0.3, -0.25) is 0 Å². The van der Waals surface area contributed by atoms with Gasteiger partial charge in [-0.15, -0.1) is 11.3 Å². The lowest BCUT2D eigenvalue weighted by atomic mass is 10.0. The van der Waals surface area contributed by atoms with E-state index in [1.807, 2.05) is 17.6 Å². The van der Waals surface area contributed by atoms with E-state index in [9.17, 15) is 8.78 Å². The van der Waals surface area contributed by atoms with Crippen LogP contribution in [-0.2, 0) is 13.0 Å². The Labute approximate surface area is 171 Å². The first-order valence-corrected chi connectivity index (χ1v) is 10.4. The Bertz CT molecular complexity index is 1160. The number of thiazole rings is 1. The van der Waals surface area contributed by atoms with Crippen LogP contribution in [-0.4, -0.2) is 16.5 Å². The minimum absolute atomic E-state index is 0.00963. The summed E-state index contributed by atoms with van der Waals surface area (Å²) in [5.41, 5.74) is 6.11. The summed E-state index contributed by atoms with van der Waals surface area (Å²) in [7, 11) is 0. The molecule has 3 heterocycles. The molecule has 0 unspecified atom stereocenters. The molecule has 0 saturated carbocycles. The third kappa shape index (κ3) is 3.23. The molecule has 1 N–H and O–H groups in total. The third-order valence-electron chi connectivity index (χ3n) is 5.45. The molecule has 3 nitrogen and oxygen atoms in total. The smallest absolute Gasteiger partial charge is 0.135 e. The summed E-state index contributed by atoms with van der Waals surface area (Å²) in [6.45, 7) is 3.65. The van der Waals surface area contributed by atoms with Gasteiger partial charge in [0.2, 0.25) is 0 Å². The standard InChI is InChI=1S/C23H19F2N3S/c1-14-5-6-15(23-26-8-10-29-23)12-21(14)28-9-7-19-16(13-28)11-20(27-19)22-17(24)3-2-4-18(22)25/h2-6,8,10-12,27H,7,9,13H2,1H3. The Morgan fingerprint density at radius 3 is 2.69 bits per heavy atom. The van der Waals surface area contributed by atoms with Crippen molar-refractivity contribution in [1.82, 2.24) is 9.97 Å². The Hall–Kier alpha value is -2.99. The fraction of sp³-hybridized carbons (Fsp3) is 0.174. The van der Waals surface area contributed by atoms with E-state index in [1.165, 1.54) is 29.4 Å². The fourth-order valence-electron chi connectivity index (χ4n) is 3.98. The molecule has 2 aromatic carbocycles. The number of nitrogens with zero attached hydrogens (tertiary/aromatic N) is 2. The normalized spacial score (nSPS) is 13.6. The SMILES string of the molecule is Cc1ccc(-c2nccs2)cc1N1CCc2[nH]c(-c3c(F)cccc3F)cc2C1. The minimum Gasteiger partial charge on any atom is -0.367 e. The first-order valence-electron chi connectivity index (χ1n) is 9.51. The second-order valence-corrected chi connectivity index (χ2v) is 8.19. The molecule has 0 saturated heterocycles. The molecule has 6 heteroatoms. The summed E-state index contributed by atoms with van der Waals surface area (Å²) in [4.78, 5) is 9.98. The van der Waals surface area contributed by atoms with E-state index in [1.54, 1.807) is 11.3 Å². The molecule has 5 rings (SSSR count). The molecule has 2 aromatic heterocycles. The van der Waals surface area contributed by atoms with Gasteiger partial charge in [0, 0.05) is 48.0 Å². The van der Waals surface area contributed by atoms with Crippen LogP contribution in [0.15, 0.2) is 54.0 Å². The van der Waals surface area contributed by atoms with Gasteiger partial charge in [0.1, 0.15) is 16.6 Å². The first kappa shape index (κ1) is 18.1. The zero-order valence-corrected chi connectivity index (χ0v) is 16.7. The van der Waals surface area contributed by atoms with E-state index in [0.717, 1.165) is 34.8 Å². The molecule has 0 radical (unpaired) electrons. The molecule has 0 spiro atoms. The first-order chi connectivity index (χ1) is 14.1. The lowest BCUT2D eigenvalue weighted by Crippen LogP contribution is -2.30. The van der Waals surface area contributed by atoms with Crippen molar-refractivity contribution in [3.63, 3.8) is 0 Å². The summed E-state index contributed by atoms with van der Waals surface area (Å²) < 4.78 is 28.4. The zero-order valence-electron chi connectivity index (χ0n) is 15.9. The van der Waals surface area contributed by atoms with Crippen molar-refractivity contribution in [2.45, 2.75) is 19.9 Å². The second kappa shape index (κ2) is 7.12. The van der Waals surface area contributed by atoms with Crippen LogP contribution in [0.25, 0.3) is 21.8 Å². The van der Waals surface area contributed by atoms with E-state index in [0.29, 0.717) is 12.2 Å². The van der Waals surface area contributed by atoms with Gasteiger partial charge < -0.3 is 9.88 Å². The van der Waals surface area contributed by atoms with E-state index in [-0.39, 0.29) is 5.56 Å². The number of fused-ring (bicyclic) bond motifs is 1. The number of rotatable bonds is 3. The Balaban J connectivity index is 1.48. The van der Waals surface area contributed by atoms with Gasteiger partial charge in [-0.05, 0) is 42.3 Å². The number of halogens is 2. The lowest BCUT2D eigenvalue weighted by Gasteiger charge is -2.30. The van der Waals surface area contributed by atoms with Crippen molar-refractivity contribution in [3.8, 4) is 21.8 Å². The highest BCUT2D eigenvalue weighted by Gasteiger charge is 2.23. The van der Waals surface area contributed by atoms with E-state index in [4.69, 9.17) is 0 Å². The molecule has 1 aliphatic rings. The molecule has 0 atom stereocenters. The van der Waals surface area contributed by atoms with Crippen molar-refractivity contribution >= 4 is 17.0 Å². The topological polar surface area (TPSA) is 31.9 Å². The maximum Gasteiger partial charge on any atom is 0.135 e. The maximum absolute atomic E-state index is 14.2. The zero-order chi connectivity index (χ0) is 20.0. The van der Waals surface area contributed by atoms with E-state index >= 15 is 0 Å². The predicted octanol–water partition coefficient (Wildman–Crippen LogP) is 5.95. The number of nitrogens with one attached hydrogen (secondary N) is 1. The van der Waals surface area contributed by atoms with Crippen LogP contribution in [0.2, 0.25) is 0 Å². The number of hydrogen-bond acceptors (Lipinski definition) is 3. The van der Waals surface area contributed by atoms with Crippen LogP contribution in [0.1, 0.15) is 16.8 Å². The van der Waals surface area contributed by atoms with Crippen molar-refractivity contribution in [3.05, 3.63) is 82.5 Å². The van der Waals surface area contributed by atoms with Crippen LogP contribution >= 0.6 is 11.3 Å². The van der Waals surface area contributed by atoms with Crippen molar-refractivity contribution in [2.24, 2.45) is 0 Å². The van der Waals surface area contributed by atoms with Crippen LogP contribution in [0.5, 0.6) is 0 Å². The molecular formula is C23H19F2N3S. The van der Waals surface area contributed by atoms with Crippen LogP contribution < -0.4 is 4.90 Å². The van der Waals surface area contributed by atoms with Crippen molar-refractivity contribution < 1.29 is 8.78 Å². The third-order valence-corrected chi connectivity index (χ3v) is 6.27. The molecule has 0 bridgehead atoms. The summed E-state index contributed by atoms with van der Waals surface area (Å²) in [5, 5.41) is 2.98. The lowest BCUT2D eigenvalue weighted by molar-refractivity contribution is 0.589. The Kier molecular flexibility index (Phi) is 4.43. The molecule has 0 aliphatic carbocycles. The number of aromatic nitrogens is 2. The van der Waals surface area contributed by atoms with Gasteiger partial charge in [0.25, 0.3) is 0 Å². The van der Waals surface area contributed by atoms with Crippen molar-refractivity contribution in [1.29, 1.82) is 0 Å². The average molecular weight is 407 g/mol. The second-order valence-electron chi connectivity index (χ2n) is 7.29. The number of hydrogen-bond donors (Lipinski definition) is 1. The Morgan fingerprint density at radius 2 is 1.93 bits per heavy atom. The molecule has 0 amide bonds. The fourth-order valence-corrected chi connectivity index (χ4v) is 4.62. The van der Waals surface area contributed by atoms with Gasteiger partial charge in [-0.1, -0.05) is 18.2 Å². The van der Waals surface area contributed by atoms with E-state index in [2.05, 4.69) is 40.0 Å². The number of aryl methyl sites for hydroxylation is 1. The van der Waals surface area contributed by atoms with Crippen LogP contribution in [0, 0.1) is 18.6 Å². The largest absolute Gasteiger partial charge is 0.367 e. The molecule has 0 fully saturated rings. The highest BCUT2D eigenvalue weighted by atomic mass is 32.1. The summed E-state index contributed by atoms with van der Waals surface area (Å²) in [5.74, 6) is -1.10. The number of benzene rings is 2. The number of anilines is 1. The molecule has 29 heavy (non-hydrogen) atoms. The van der Waals surface area contributed by atoms with Gasteiger partial charge in [0.15, 0.2) is 0 Å². The van der Waals surface area contributed by atoms with Gasteiger partial charge in [-0.25, -0.2) is 13.8 Å². The molecule has 4 aromatic rings. The molecule has 146 valence electrons. The number of aromatic amines is 1. The monoisotopic (exact) mass is 407 g/mol. The summed E-state index contributed by atoms with van der Waals surface area (Å²) in [6.07, 6.45) is 2.61. The maximum atomic E-state index is 14.2. The molecule has 1 aliphatic heterocycles. The van der Waals surface area contributed by atoms with Crippen LogP contribution in [0.3, 0.4) is 0 Å². The minimum atomic E-state index is -0.549. The predicted molar refractivity (Wildman–Crippen MR) is 113 cm³/mol. The average Bonchev–Trinajstić information content (AvgIpc) is 3.37. The summed E-state index contributed by atoms with van der Waals surface area (Å²) >= 11 is 1.62. The van der Waals surface area contributed by atoms with Gasteiger partial charge in [0.05, 0.1) is 11.3 Å². The summed E-state index contributed by atoms with van der Waals surface area (Å²) in [6, 6.07) is 12.3. The quantitative estimate of drug-likeness (QED) is 0.455. The van der Waals surface area contributed by atoms with E-state index < -0.39 is 11.6 Å². The van der Waals surface area contributed by atoms with Gasteiger partial charge in [-0.2, -0.15) is 0 Å². The molecular weight excluding hydrogens is 388 g/mol. The highest BCUT2D eigenvalue weighted by Crippen LogP contribution is 2.34. The highest BCUT2D eigenvalue weighted by molar-refractivity contribution is 7.13. The van der Waals surface area contributed by atoms with Crippen molar-refractivity contribution in [2.75, 3.05) is 11.4 Å². The Morgan fingerprint density at radius 1 is 1.10 bits per heavy atom. The van der Waals surface area contributed by atoms with Crippen LogP contribution in [0.4, 0.5) is 14.5 Å². The number of H-pyrrole nitrogens is 1.